The van der Waals surface area contributed by atoms with Crippen molar-refractivity contribution in [1.29, 1.82) is 0 Å². The van der Waals surface area contributed by atoms with Crippen molar-refractivity contribution < 1.29 is 13.9 Å². The van der Waals surface area contributed by atoms with E-state index in [1.807, 2.05) is 42.5 Å². The first-order valence-electron chi connectivity index (χ1n) is 10.8. The molecule has 0 aliphatic rings. The molecule has 1 atom stereocenters. The second kappa shape index (κ2) is 10.7. The van der Waals surface area contributed by atoms with Crippen LogP contribution in [0.1, 0.15) is 44.2 Å². The largest absolute Gasteiger partial charge is 0.494 e. The molecule has 0 fully saturated rings. The number of ether oxygens (including phenoxy) is 2. The van der Waals surface area contributed by atoms with Gasteiger partial charge in [0.05, 0.1) is 12.0 Å². The number of aryl methyl sites for hydroxylation is 1. The first-order chi connectivity index (χ1) is 15.0. The molecule has 160 valence electrons. The third-order valence-electron chi connectivity index (χ3n) is 5.39. The van der Waals surface area contributed by atoms with Crippen LogP contribution in [0.2, 0.25) is 0 Å². The first kappa shape index (κ1) is 22.4. The smallest absolute Gasteiger partial charge is 0.165 e. The Morgan fingerprint density at radius 1 is 0.968 bits per heavy atom. The average molecular weight is 417 g/mol. The Bertz CT molecular complexity index is 1010. The fourth-order valence-corrected chi connectivity index (χ4v) is 3.48. The van der Waals surface area contributed by atoms with Crippen molar-refractivity contribution in [3.63, 3.8) is 0 Å². The molecule has 0 heterocycles. The van der Waals surface area contributed by atoms with E-state index in [2.05, 4.69) is 31.9 Å². The standard InChI is InChI=1S/C28H29FO2/c1-4-20-30-24-16-14-23(15-17-24)28(3,5-2)19-9-10-22-13-18-26(29)27(21-22)31-25-11-7-6-8-12-25/h2,6-8,11-18,21H,4,9-10,19-20H2,1,3H3. The Morgan fingerprint density at radius 3 is 2.39 bits per heavy atom. The molecule has 2 nitrogen and oxygen atoms in total. The summed E-state index contributed by atoms with van der Waals surface area (Å²) in [4.78, 5) is 0. The van der Waals surface area contributed by atoms with Gasteiger partial charge in [-0.1, -0.05) is 49.2 Å². The van der Waals surface area contributed by atoms with Gasteiger partial charge in [-0.25, -0.2) is 4.39 Å². The van der Waals surface area contributed by atoms with Crippen LogP contribution < -0.4 is 9.47 Å². The van der Waals surface area contributed by atoms with Crippen LogP contribution in [0.25, 0.3) is 0 Å². The molecule has 0 N–H and O–H groups in total. The SMILES string of the molecule is C#CC(C)(CCCc1ccc(F)c(Oc2ccccc2)c1)c1ccc(OCCC)cc1. The topological polar surface area (TPSA) is 18.5 Å². The van der Waals surface area contributed by atoms with Crippen molar-refractivity contribution in [1.82, 2.24) is 0 Å². The van der Waals surface area contributed by atoms with Gasteiger partial charge in [-0.15, -0.1) is 6.42 Å². The zero-order valence-electron chi connectivity index (χ0n) is 18.2. The molecule has 0 saturated heterocycles. The molecule has 3 rings (SSSR count). The highest BCUT2D eigenvalue weighted by Gasteiger charge is 2.23. The molecular weight excluding hydrogens is 387 g/mol. The van der Waals surface area contributed by atoms with Gasteiger partial charge in [-0.3, -0.25) is 0 Å². The number of hydrogen-bond donors (Lipinski definition) is 0. The van der Waals surface area contributed by atoms with E-state index in [1.165, 1.54) is 6.07 Å². The summed E-state index contributed by atoms with van der Waals surface area (Å²) in [5, 5.41) is 0. The highest BCUT2D eigenvalue weighted by molar-refractivity contribution is 5.38. The van der Waals surface area contributed by atoms with Crippen LogP contribution >= 0.6 is 0 Å². The number of para-hydroxylation sites is 1. The fourth-order valence-electron chi connectivity index (χ4n) is 3.48. The van der Waals surface area contributed by atoms with E-state index in [0.717, 1.165) is 42.6 Å². The molecule has 0 aliphatic heterocycles. The van der Waals surface area contributed by atoms with Crippen LogP contribution in [0.5, 0.6) is 17.2 Å². The van der Waals surface area contributed by atoms with Crippen LogP contribution in [0.3, 0.4) is 0 Å². The van der Waals surface area contributed by atoms with Crippen molar-refractivity contribution in [2.75, 3.05) is 6.61 Å². The summed E-state index contributed by atoms with van der Waals surface area (Å²) >= 11 is 0. The Morgan fingerprint density at radius 2 is 1.71 bits per heavy atom. The molecule has 0 radical (unpaired) electrons. The molecule has 0 spiro atoms. The highest BCUT2D eigenvalue weighted by Crippen LogP contribution is 2.31. The van der Waals surface area contributed by atoms with Crippen LogP contribution in [0.15, 0.2) is 72.8 Å². The Balaban J connectivity index is 1.62. The number of rotatable bonds is 10. The molecule has 1 unspecified atom stereocenters. The van der Waals surface area contributed by atoms with Crippen molar-refractivity contribution in [2.45, 2.75) is 44.9 Å². The number of terminal acetylenes is 1. The number of hydrogen-bond acceptors (Lipinski definition) is 2. The van der Waals surface area contributed by atoms with Crippen LogP contribution in [0, 0.1) is 18.2 Å². The van der Waals surface area contributed by atoms with Crippen LogP contribution in [-0.4, -0.2) is 6.61 Å². The van der Waals surface area contributed by atoms with Gasteiger partial charge >= 0.3 is 0 Å². The minimum absolute atomic E-state index is 0.242. The van der Waals surface area contributed by atoms with Crippen LogP contribution in [0.4, 0.5) is 4.39 Å². The normalized spacial score (nSPS) is 12.6. The molecule has 0 aromatic heterocycles. The van der Waals surface area contributed by atoms with E-state index >= 15 is 0 Å². The number of benzene rings is 3. The average Bonchev–Trinajstić information content (AvgIpc) is 2.80. The molecule has 0 bridgehead atoms. The Kier molecular flexibility index (Phi) is 7.73. The summed E-state index contributed by atoms with van der Waals surface area (Å²) in [6, 6.07) is 22.3. The quantitative estimate of drug-likeness (QED) is 0.322. The predicted octanol–water partition coefficient (Wildman–Crippen LogP) is 7.32. The van der Waals surface area contributed by atoms with Gasteiger partial charge in [0.15, 0.2) is 11.6 Å². The molecule has 0 aliphatic carbocycles. The van der Waals surface area contributed by atoms with Gasteiger partial charge < -0.3 is 9.47 Å². The third kappa shape index (κ3) is 6.12. The van der Waals surface area contributed by atoms with E-state index in [9.17, 15) is 4.39 Å². The lowest BCUT2D eigenvalue weighted by atomic mass is 9.78. The fraction of sp³-hybridized carbons (Fsp3) is 0.286. The molecule has 0 amide bonds. The summed E-state index contributed by atoms with van der Waals surface area (Å²) in [7, 11) is 0. The lowest BCUT2D eigenvalue weighted by Crippen LogP contribution is -2.19. The molecule has 0 saturated carbocycles. The van der Waals surface area contributed by atoms with E-state index in [1.54, 1.807) is 12.1 Å². The minimum atomic E-state index is -0.369. The Labute approximate surface area is 185 Å². The zero-order chi connectivity index (χ0) is 22.1. The molecule has 3 heteroatoms. The predicted molar refractivity (Wildman–Crippen MR) is 124 cm³/mol. The maximum Gasteiger partial charge on any atom is 0.165 e. The Hall–Kier alpha value is -3.25. The molecule has 3 aromatic carbocycles. The zero-order valence-corrected chi connectivity index (χ0v) is 18.2. The minimum Gasteiger partial charge on any atom is -0.494 e. The third-order valence-corrected chi connectivity index (χ3v) is 5.39. The van der Waals surface area contributed by atoms with E-state index < -0.39 is 0 Å². The summed E-state index contributed by atoms with van der Waals surface area (Å²) in [6.45, 7) is 4.88. The van der Waals surface area contributed by atoms with Crippen molar-refractivity contribution >= 4 is 0 Å². The van der Waals surface area contributed by atoms with Gasteiger partial charge in [0.2, 0.25) is 0 Å². The lowest BCUT2D eigenvalue weighted by Gasteiger charge is -2.24. The summed E-state index contributed by atoms with van der Waals surface area (Å²) in [5.41, 5.74) is 1.76. The van der Waals surface area contributed by atoms with Crippen molar-refractivity contribution in [3.8, 4) is 29.6 Å². The summed E-state index contributed by atoms with van der Waals surface area (Å²) in [5.74, 6) is 4.32. The van der Waals surface area contributed by atoms with Crippen molar-refractivity contribution in [3.05, 3.63) is 89.7 Å². The summed E-state index contributed by atoms with van der Waals surface area (Å²) in [6.07, 6.45) is 9.39. The van der Waals surface area contributed by atoms with E-state index in [0.29, 0.717) is 12.4 Å². The van der Waals surface area contributed by atoms with E-state index in [4.69, 9.17) is 15.9 Å². The lowest BCUT2D eigenvalue weighted by molar-refractivity contribution is 0.317. The second-order valence-electron chi connectivity index (χ2n) is 7.88. The van der Waals surface area contributed by atoms with Gasteiger partial charge in [0.25, 0.3) is 0 Å². The highest BCUT2D eigenvalue weighted by atomic mass is 19.1. The van der Waals surface area contributed by atoms with E-state index in [-0.39, 0.29) is 17.0 Å². The maximum absolute atomic E-state index is 14.2. The van der Waals surface area contributed by atoms with Crippen LogP contribution in [-0.2, 0) is 11.8 Å². The van der Waals surface area contributed by atoms with Crippen molar-refractivity contribution in [2.24, 2.45) is 0 Å². The maximum atomic E-state index is 14.2. The van der Waals surface area contributed by atoms with Gasteiger partial charge in [-0.05, 0) is 80.1 Å². The van der Waals surface area contributed by atoms with Gasteiger partial charge in [0, 0.05) is 0 Å². The summed E-state index contributed by atoms with van der Waals surface area (Å²) < 4.78 is 25.6. The second-order valence-corrected chi connectivity index (χ2v) is 7.88. The van der Waals surface area contributed by atoms with Gasteiger partial charge in [-0.2, -0.15) is 0 Å². The first-order valence-corrected chi connectivity index (χ1v) is 10.8. The van der Waals surface area contributed by atoms with Gasteiger partial charge in [0.1, 0.15) is 11.5 Å². The molecule has 3 aromatic rings. The monoisotopic (exact) mass is 416 g/mol. The molecule has 31 heavy (non-hydrogen) atoms. The molecular formula is C28H29FO2. The number of halogens is 1.